The summed E-state index contributed by atoms with van der Waals surface area (Å²) >= 11 is 0. The van der Waals surface area contributed by atoms with Gasteiger partial charge in [-0.3, -0.25) is 0 Å². The number of carboxylic acid groups (broad SMARTS) is 1. The van der Waals surface area contributed by atoms with E-state index < -0.39 is 17.8 Å². The predicted octanol–water partition coefficient (Wildman–Crippen LogP) is 2.87. The fourth-order valence-electron chi connectivity index (χ4n) is 1.72. The Morgan fingerprint density at radius 1 is 1.19 bits per heavy atom. The molecule has 21 heavy (non-hydrogen) atoms. The van der Waals surface area contributed by atoms with Crippen molar-refractivity contribution < 1.29 is 19.1 Å². The first-order chi connectivity index (χ1) is 9.97. The number of hydrogen-bond acceptors (Lipinski definition) is 3. The van der Waals surface area contributed by atoms with Crippen LogP contribution in [0.2, 0.25) is 0 Å². The average Bonchev–Trinajstić information content (AvgIpc) is 2.42. The lowest BCUT2D eigenvalue weighted by atomic mass is 10.2. The highest BCUT2D eigenvalue weighted by atomic mass is 19.1. The van der Waals surface area contributed by atoms with Gasteiger partial charge in [0.25, 0.3) is 0 Å². The second kappa shape index (κ2) is 6.00. The van der Waals surface area contributed by atoms with Crippen LogP contribution in [0.3, 0.4) is 0 Å². The summed E-state index contributed by atoms with van der Waals surface area (Å²) in [5.41, 5.74) is 0.787. The molecular formula is C14H12FN3O3. The van der Waals surface area contributed by atoms with E-state index in [-0.39, 0.29) is 11.4 Å². The van der Waals surface area contributed by atoms with Gasteiger partial charge in [-0.2, -0.15) is 0 Å². The fourth-order valence-corrected chi connectivity index (χ4v) is 1.72. The highest BCUT2D eigenvalue weighted by molar-refractivity contribution is 6.04. The van der Waals surface area contributed by atoms with Gasteiger partial charge in [0.2, 0.25) is 0 Å². The number of pyridine rings is 1. The van der Waals surface area contributed by atoms with Crippen molar-refractivity contribution >= 4 is 23.4 Å². The van der Waals surface area contributed by atoms with Gasteiger partial charge in [-0.05, 0) is 42.8 Å². The maximum absolute atomic E-state index is 13.0. The Morgan fingerprint density at radius 2 is 1.90 bits per heavy atom. The zero-order valence-electron chi connectivity index (χ0n) is 11.1. The number of aromatic nitrogens is 1. The van der Waals surface area contributed by atoms with Crippen molar-refractivity contribution in [3.05, 3.63) is 53.6 Å². The van der Waals surface area contributed by atoms with Crippen LogP contribution in [-0.4, -0.2) is 22.1 Å². The SMILES string of the molecule is Cc1cc(F)ccc1NC(=O)Nc1cccnc1C(=O)O. The molecule has 0 aliphatic carbocycles. The molecule has 1 aromatic heterocycles. The second-order valence-corrected chi connectivity index (χ2v) is 4.24. The minimum atomic E-state index is -1.25. The summed E-state index contributed by atoms with van der Waals surface area (Å²) < 4.78 is 13.0. The minimum Gasteiger partial charge on any atom is -0.476 e. The molecule has 0 saturated carbocycles. The van der Waals surface area contributed by atoms with E-state index in [2.05, 4.69) is 15.6 Å². The minimum absolute atomic E-state index is 0.0715. The molecule has 0 spiro atoms. The lowest BCUT2D eigenvalue weighted by Gasteiger charge is -2.11. The number of anilines is 2. The Bertz CT molecular complexity index is 704. The first kappa shape index (κ1) is 14.4. The van der Waals surface area contributed by atoms with Crippen LogP contribution in [-0.2, 0) is 0 Å². The Hall–Kier alpha value is -2.96. The molecule has 1 aromatic carbocycles. The molecule has 1 heterocycles. The average molecular weight is 289 g/mol. The Kier molecular flexibility index (Phi) is 4.13. The number of halogens is 1. The van der Waals surface area contributed by atoms with Crippen LogP contribution in [0.1, 0.15) is 16.1 Å². The van der Waals surface area contributed by atoms with Crippen LogP contribution < -0.4 is 10.6 Å². The molecule has 108 valence electrons. The van der Waals surface area contributed by atoms with Crippen molar-refractivity contribution in [1.82, 2.24) is 4.98 Å². The molecular weight excluding hydrogens is 277 g/mol. The molecule has 0 aliphatic rings. The van der Waals surface area contributed by atoms with Crippen LogP contribution in [0.15, 0.2) is 36.5 Å². The Morgan fingerprint density at radius 3 is 2.57 bits per heavy atom. The first-order valence-electron chi connectivity index (χ1n) is 6.00. The van der Waals surface area contributed by atoms with Crippen molar-refractivity contribution in [2.45, 2.75) is 6.92 Å². The van der Waals surface area contributed by atoms with E-state index in [1.165, 1.54) is 36.5 Å². The third kappa shape index (κ3) is 3.53. The van der Waals surface area contributed by atoms with Crippen LogP contribution in [0.5, 0.6) is 0 Å². The standard InChI is InChI=1S/C14H12FN3O3/c1-8-7-9(15)4-5-10(8)17-14(21)18-11-3-2-6-16-12(11)13(19)20/h2-7H,1H3,(H,19,20)(H2,17,18,21). The molecule has 0 radical (unpaired) electrons. The summed E-state index contributed by atoms with van der Waals surface area (Å²) in [4.78, 5) is 26.5. The molecule has 7 heteroatoms. The van der Waals surface area contributed by atoms with Crippen molar-refractivity contribution in [1.29, 1.82) is 0 Å². The monoisotopic (exact) mass is 289 g/mol. The molecule has 2 rings (SSSR count). The molecule has 3 N–H and O–H groups in total. The lowest BCUT2D eigenvalue weighted by molar-refractivity contribution is 0.0691. The zero-order chi connectivity index (χ0) is 15.4. The Balaban J connectivity index is 2.14. The summed E-state index contributed by atoms with van der Waals surface area (Å²) in [6.45, 7) is 1.64. The van der Waals surface area contributed by atoms with E-state index in [1.54, 1.807) is 6.92 Å². The quantitative estimate of drug-likeness (QED) is 0.810. The van der Waals surface area contributed by atoms with Gasteiger partial charge in [-0.25, -0.2) is 19.0 Å². The summed E-state index contributed by atoms with van der Waals surface area (Å²) in [7, 11) is 0. The van der Waals surface area contributed by atoms with Crippen molar-refractivity contribution in [2.24, 2.45) is 0 Å². The maximum Gasteiger partial charge on any atom is 0.356 e. The fraction of sp³-hybridized carbons (Fsp3) is 0.0714. The van der Waals surface area contributed by atoms with Gasteiger partial charge in [0.1, 0.15) is 5.82 Å². The number of benzene rings is 1. The van der Waals surface area contributed by atoms with Gasteiger partial charge < -0.3 is 15.7 Å². The summed E-state index contributed by atoms with van der Waals surface area (Å²) in [6.07, 6.45) is 1.32. The third-order valence-electron chi connectivity index (χ3n) is 2.70. The number of carbonyl (C=O) groups is 2. The van der Waals surface area contributed by atoms with Gasteiger partial charge in [0.05, 0.1) is 5.69 Å². The maximum atomic E-state index is 13.0. The van der Waals surface area contributed by atoms with E-state index in [9.17, 15) is 14.0 Å². The normalized spacial score (nSPS) is 10.0. The van der Waals surface area contributed by atoms with E-state index >= 15 is 0 Å². The van der Waals surface area contributed by atoms with Crippen LogP contribution in [0, 0.1) is 12.7 Å². The van der Waals surface area contributed by atoms with Crippen LogP contribution in [0.25, 0.3) is 0 Å². The largest absolute Gasteiger partial charge is 0.476 e. The van der Waals surface area contributed by atoms with E-state index in [4.69, 9.17) is 5.11 Å². The molecule has 2 aromatic rings. The number of aromatic carboxylic acids is 1. The van der Waals surface area contributed by atoms with E-state index in [0.717, 1.165) is 0 Å². The molecule has 0 aliphatic heterocycles. The van der Waals surface area contributed by atoms with E-state index in [0.29, 0.717) is 11.3 Å². The lowest BCUT2D eigenvalue weighted by Crippen LogP contribution is -2.21. The number of hydrogen-bond donors (Lipinski definition) is 3. The number of urea groups is 1. The number of nitrogens with one attached hydrogen (secondary N) is 2. The van der Waals surface area contributed by atoms with Crippen LogP contribution in [0.4, 0.5) is 20.6 Å². The zero-order valence-corrected chi connectivity index (χ0v) is 11.1. The molecule has 6 nitrogen and oxygen atoms in total. The molecule has 0 fully saturated rings. The smallest absolute Gasteiger partial charge is 0.356 e. The summed E-state index contributed by atoms with van der Waals surface area (Å²) in [6, 6.07) is 6.21. The van der Waals surface area contributed by atoms with Gasteiger partial charge in [0, 0.05) is 11.9 Å². The third-order valence-corrected chi connectivity index (χ3v) is 2.70. The highest BCUT2D eigenvalue weighted by Crippen LogP contribution is 2.17. The second-order valence-electron chi connectivity index (χ2n) is 4.24. The summed E-state index contributed by atoms with van der Waals surface area (Å²) in [5, 5.41) is 13.9. The van der Waals surface area contributed by atoms with Crippen LogP contribution >= 0.6 is 0 Å². The number of nitrogens with zero attached hydrogens (tertiary/aromatic N) is 1. The number of carbonyl (C=O) groups excluding carboxylic acids is 1. The van der Waals surface area contributed by atoms with Gasteiger partial charge in [0.15, 0.2) is 5.69 Å². The number of carboxylic acids is 1. The molecule has 0 bridgehead atoms. The van der Waals surface area contributed by atoms with Gasteiger partial charge in [-0.1, -0.05) is 0 Å². The topological polar surface area (TPSA) is 91.3 Å². The molecule has 0 unspecified atom stereocenters. The molecule has 0 atom stereocenters. The highest BCUT2D eigenvalue weighted by Gasteiger charge is 2.13. The van der Waals surface area contributed by atoms with Crippen molar-refractivity contribution in [3.8, 4) is 0 Å². The first-order valence-corrected chi connectivity index (χ1v) is 6.00. The summed E-state index contributed by atoms with van der Waals surface area (Å²) in [5.74, 6) is -1.65. The van der Waals surface area contributed by atoms with E-state index in [1.807, 2.05) is 0 Å². The number of rotatable bonds is 3. The van der Waals surface area contributed by atoms with Crippen molar-refractivity contribution in [2.75, 3.05) is 10.6 Å². The Labute approximate surface area is 119 Å². The molecule has 2 amide bonds. The predicted molar refractivity (Wildman–Crippen MR) is 75.0 cm³/mol. The molecule has 0 saturated heterocycles. The van der Waals surface area contributed by atoms with Crippen molar-refractivity contribution in [3.63, 3.8) is 0 Å². The number of amides is 2. The number of aryl methyl sites for hydroxylation is 1. The van der Waals surface area contributed by atoms with Gasteiger partial charge in [-0.15, -0.1) is 0 Å². The van der Waals surface area contributed by atoms with Gasteiger partial charge >= 0.3 is 12.0 Å².